The molecular weight excluding hydrogens is 170 g/mol. The van der Waals surface area contributed by atoms with Crippen LogP contribution in [0.4, 0.5) is 0 Å². The van der Waals surface area contributed by atoms with Crippen LogP contribution in [0.25, 0.3) is 0 Å². The van der Waals surface area contributed by atoms with Gasteiger partial charge in [0.1, 0.15) is 0 Å². The first-order chi connectivity index (χ1) is 6.75. The average Bonchev–Trinajstić information content (AvgIpc) is 2.56. The molecule has 0 amide bonds. The predicted octanol–water partition coefficient (Wildman–Crippen LogP) is 4.05. The van der Waals surface area contributed by atoms with Crippen LogP contribution in [0, 0.1) is 0 Å². The summed E-state index contributed by atoms with van der Waals surface area (Å²) in [5, 5.41) is 0. The second-order valence-electron chi connectivity index (χ2n) is 2.88. The van der Waals surface area contributed by atoms with Gasteiger partial charge in [-0.2, -0.15) is 0 Å². The smallest absolute Gasteiger partial charge is 0.0297 e. The van der Waals surface area contributed by atoms with E-state index in [1.807, 2.05) is 34.6 Å². The molecule has 2 N–H and O–H groups in total. The number of allylic oxidation sites excluding steroid dienone is 2. The zero-order chi connectivity index (χ0) is 11.6. The third-order valence-corrected chi connectivity index (χ3v) is 2.07. The van der Waals surface area contributed by atoms with Gasteiger partial charge in [-0.05, 0) is 32.3 Å². The van der Waals surface area contributed by atoms with E-state index in [4.69, 9.17) is 5.73 Å². The Balaban J connectivity index is 0. The first-order valence-electron chi connectivity index (χ1n) is 5.83. The first-order valence-corrected chi connectivity index (χ1v) is 5.83. The van der Waals surface area contributed by atoms with Crippen LogP contribution in [-0.2, 0) is 0 Å². The molecule has 1 nitrogen and oxygen atoms in total. The van der Waals surface area contributed by atoms with Gasteiger partial charge in [0, 0.05) is 6.04 Å². The van der Waals surface area contributed by atoms with E-state index in [1.165, 1.54) is 17.6 Å². The summed E-state index contributed by atoms with van der Waals surface area (Å²) < 4.78 is 0. The Morgan fingerprint density at radius 1 is 1.21 bits per heavy atom. The summed E-state index contributed by atoms with van der Waals surface area (Å²) in [5.41, 5.74) is 8.66. The SMILES string of the molecule is C/C=C\C1=C(C)CCC1N.CC.CC. The molecule has 0 fully saturated rings. The molecule has 0 saturated heterocycles. The van der Waals surface area contributed by atoms with E-state index in [1.54, 1.807) is 0 Å². The summed E-state index contributed by atoms with van der Waals surface area (Å²) in [5.74, 6) is 0. The molecule has 0 bridgehead atoms. The first kappa shape index (κ1) is 15.9. The Labute approximate surface area is 90.1 Å². The van der Waals surface area contributed by atoms with Crippen molar-refractivity contribution < 1.29 is 0 Å². The van der Waals surface area contributed by atoms with E-state index in [0.29, 0.717) is 6.04 Å². The van der Waals surface area contributed by atoms with Crippen LogP contribution in [0.15, 0.2) is 23.3 Å². The number of nitrogens with two attached hydrogens (primary N) is 1. The van der Waals surface area contributed by atoms with Crippen LogP contribution in [0.5, 0.6) is 0 Å². The zero-order valence-electron chi connectivity index (χ0n) is 10.7. The molecule has 1 aliphatic rings. The quantitative estimate of drug-likeness (QED) is 0.674. The number of hydrogen-bond acceptors (Lipinski definition) is 1. The summed E-state index contributed by atoms with van der Waals surface area (Å²) in [6.45, 7) is 12.2. The summed E-state index contributed by atoms with van der Waals surface area (Å²) in [4.78, 5) is 0. The maximum atomic E-state index is 5.85. The standard InChI is InChI=1S/C9H15N.2C2H6/c1-3-4-8-7(2)5-6-9(8)10;2*1-2/h3-4,9H,5-6,10H2,1-2H3;2*1-2H3/b4-3-;;. The molecule has 84 valence electrons. The molecule has 0 saturated carbocycles. The largest absolute Gasteiger partial charge is 0.324 e. The van der Waals surface area contributed by atoms with Crippen molar-refractivity contribution in [1.82, 2.24) is 0 Å². The van der Waals surface area contributed by atoms with Crippen molar-refractivity contribution in [2.45, 2.75) is 60.4 Å². The Morgan fingerprint density at radius 3 is 2.00 bits per heavy atom. The molecule has 0 aliphatic heterocycles. The van der Waals surface area contributed by atoms with Gasteiger partial charge in [0.15, 0.2) is 0 Å². The van der Waals surface area contributed by atoms with Gasteiger partial charge in [0.05, 0.1) is 0 Å². The number of rotatable bonds is 1. The highest BCUT2D eigenvalue weighted by atomic mass is 14.6. The Morgan fingerprint density at radius 2 is 1.71 bits per heavy atom. The van der Waals surface area contributed by atoms with Crippen molar-refractivity contribution >= 4 is 0 Å². The van der Waals surface area contributed by atoms with Gasteiger partial charge < -0.3 is 5.73 Å². The lowest BCUT2D eigenvalue weighted by atomic mass is 10.1. The summed E-state index contributed by atoms with van der Waals surface area (Å²) >= 11 is 0. The molecule has 1 unspecified atom stereocenters. The zero-order valence-corrected chi connectivity index (χ0v) is 10.7. The Kier molecular flexibility index (Phi) is 11.9. The lowest BCUT2D eigenvalue weighted by Gasteiger charge is -2.03. The van der Waals surface area contributed by atoms with E-state index in [0.717, 1.165) is 6.42 Å². The minimum atomic E-state index is 0.302. The van der Waals surface area contributed by atoms with Crippen LogP contribution in [0.1, 0.15) is 54.4 Å². The van der Waals surface area contributed by atoms with Crippen molar-refractivity contribution in [3.8, 4) is 0 Å². The van der Waals surface area contributed by atoms with Crippen molar-refractivity contribution in [1.29, 1.82) is 0 Å². The molecule has 0 aromatic heterocycles. The highest BCUT2D eigenvalue weighted by Crippen LogP contribution is 2.25. The Bertz CT molecular complexity index is 178. The third-order valence-electron chi connectivity index (χ3n) is 2.07. The summed E-state index contributed by atoms with van der Waals surface area (Å²) in [6, 6.07) is 0.302. The topological polar surface area (TPSA) is 26.0 Å². The summed E-state index contributed by atoms with van der Waals surface area (Å²) in [6.07, 6.45) is 6.50. The fourth-order valence-electron chi connectivity index (χ4n) is 1.43. The molecule has 1 heteroatoms. The molecule has 0 radical (unpaired) electrons. The van der Waals surface area contributed by atoms with Crippen LogP contribution >= 0.6 is 0 Å². The molecular formula is C13H27N. The lowest BCUT2D eigenvalue weighted by molar-refractivity contribution is 0.758. The molecule has 1 rings (SSSR count). The van der Waals surface area contributed by atoms with Crippen molar-refractivity contribution in [2.75, 3.05) is 0 Å². The number of hydrogen-bond donors (Lipinski definition) is 1. The van der Waals surface area contributed by atoms with Gasteiger partial charge in [-0.1, -0.05) is 45.4 Å². The molecule has 1 aliphatic carbocycles. The lowest BCUT2D eigenvalue weighted by Crippen LogP contribution is -2.17. The molecule has 0 heterocycles. The van der Waals surface area contributed by atoms with Gasteiger partial charge in [-0.15, -0.1) is 0 Å². The van der Waals surface area contributed by atoms with Crippen molar-refractivity contribution in [2.24, 2.45) is 5.73 Å². The molecule has 1 atom stereocenters. The van der Waals surface area contributed by atoms with Gasteiger partial charge in [0.25, 0.3) is 0 Å². The van der Waals surface area contributed by atoms with Crippen molar-refractivity contribution in [3.63, 3.8) is 0 Å². The highest BCUT2D eigenvalue weighted by molar-refractivity contribution is 5.33. The third kappa shape index (κ3) is 5.23. The van der Waals surface area contributed by atoms with Crippen molar-refractivity contribution in [3.05, 3.63) is 23.3 Å². The van der Waals surface area contributed by atoms with Crippen LogP contribution in [-0.4, -0.2) is 6.04 Å². The molecule has 0 aromatic carbocycles. The summed E-state index contributed by atoms with van der Waals surface area (Å²) in [7, 11) is 0. The highest BCUT2D eigenvalue weighted by Gasteiger charge is 2.16. The van der Waals surface area contributed by atoms with E-state index in [9.17, 15) is 0 Å². The monoisotopic (exact) mass is 197 g/mol. The minimum Gasteiger partial charge on any atom is -0.324 e. The minimum absolute atomic E-state index is 0.302. The van der Waals surface area contributed by atoms with Crippen LogP contribution in [0.3, 0.4) is 0 Å². The van der Waals surface area contributed by atoms with Crippen LogP contribution < -0.4 is 5.73 Å². The predicted molar refractivity (Wildman–Crippen MR) is 67.4 cm³/mol. The normalized spacial score (nSPS) is 20.1. The van der Waals surface area contributed by atoms with E-state index in [2.05, 4.69) is 19.1 Å². The van der Waals surface area contributed by atoms with Gasteiger partial charge in [-0.3, -0.25) is 0 Å². The maximum absolute atomic E-state index is 5.85. The van der Waals surface area contributed by atoms with Gasteiger partial charge >= 0.3 is 0 Å². The molecule has 14 heavy (non-hydrogen) atoms. The fourth-order valence-corrected chi connectivity index (χ4v) is 1.43. The molecule has 0 spiro atoms. The van der Waals surface area contributed by atoms with E-state index < -0.39 is 0 Å². The van der Waals surface area contributed by atoms with Crippen LogP contribution in [0.2, 0.25) is 0 Å². The Hall–Kier alpha value is -0.560. The fraction of sp³-hybridized carbons (Fsp3) is 0.692. The second kappa shape index (κ2) is 10.5. The van der Waals surface area contributed by atoms with Gasteiger partial charge in [-0.25, -0.2) is 0 Å². The average molecular weight is 197 g/mol. The van der Waals surface area contributed by atoms with Gasteiger partial charge in [0.2, 0.25) is 0 Å². The van der Waals surface area contributed by atoms with E-state index >= 15 is 0 Å². The maximum Gasteiger partial charge on any atom is 0.0297 e. The molecule has 0 aromatic rings. The second-order valence-corrected chi connectivity index (χ2v) is 2.88. The van der Waals surface area contributed by atoms with E-state index in [-0.39, 0.29) is 0 Å².